The predicted molar refractivity (Wildman–Crippen MR) is 66.3 cm³/mol. The first-order valence-electron chi connectivity index (χ1n) is 5.68. The molecule has 1 N–H and O–H groups in total. The minimum Gasteiger partial charge on any atom is -0.364 e. The molecule has 4 nitrogen and oxygen atoms in total. The summed E-state index contributed by atoms with van der Waals surface area (Å²) in [5, 5.41) is 16.2. The number of aryl methyl sites for hydroxylation is 1. The Labute approximate surface area is 105 Å². The van der Waals surface area contributed by atoms with E-state index in [1.165, 1.54) is 18.2 Å². The van der Waals surface area contributed by atoms with Crippen LogP contribution in [0.15, 0.2) is 30.5 Å². The van der Waals surface area contributed by atoms with Crippen molar-refractivity contribution < 1.29 is 4.39 Å². The van der Waals surface area contributed by atoms with Crippen LogP contribution in [0.3, 0.4) is 0 Å². The fourth-order valence-corrected chi connectivity index (χ4v) is 1.64. The molecular formula is C13H13FN4. The SMILES string of the molecule is CCn1ccc(NCc2cc(F)ccc2C#N)n1. The molecule has 92 valence electrons. The van der Waals surface area contributed by atoms with Crippen LogP contribution in [-0.2, 0) is 13.1 Å². The van der Waals surface area contributed by atoms with E-state index in [4.69, 9.17) is 5.26 Å². The molecular weight excluding hydrogens is 231 g/mol. The highest BCUT2D eigenvalue weighted by Gasteiger charge is 2.04. The molecule has 18 heavy (non-hydrogen) atoms. The Hall–Kier alpha value is -2.35. The van der Waals surface area contributed by atoms with Gasteiger partial charge in [0.1, 0.15) is 11.6 Å². The number of nitrogens with one attached hydrogen (secondary N) is 1. The van der Waals surface area contributed by atoms with E-state index in [1.54, 1.807) is 4.68 Å². The first-order chi connectivity index (χ1) is 8.72. The molecule has 0 saturated carbocycles. The summed E-state index contributed by atoms with van der Waals surface area (Å²) in [6, 6.07) is 8.02. The highest BCUT2D eigenvalue weighted by Crippen LogP contribution is 2.12. The van der Waals surface area contributed by atoms with Crippen molar-refractivity contribution in [2.24, 2.45) is 0 Å². The smallest absolute Gasteiger partial charge is 0.148 e. The molecule has 1 heterocycles. The lowest BCUT2D eigenvalue weighted by molar-refractivity contribution is 0.625. The van der Waals surface area contributed by atoms with Gasteiger partial charge in [0.25, 0.3) is 0 Å². The second-order valence-corrected chi connectivity index (χ2v) is 3.82. The average Bonchev–Trinajstić information content (AvgIpc) is 2.84. The number of nitriles is 1. The maximum absolute atomic E-state index is 13.1. The maximum Gasteiger partial charge on any atom is 0.148 e. The van der Waals surface area contributed by atoms with Crippen LogP contribution in [0.5, 0.6) is 0 Å². The first-order valence-corrected chi connectivity index (χ1v) is 5.68. The van der Waals surface area contributed by atoms with E-state index in [9.17, 15) is 4.39 Å². The molecule has 1 aromatic heterocycles. The average molecular weight is 244 g/mol. The van der Waals surface area contributed by atoms with Crippen LogP contribution >= 0.6 is 0 Å². The minimum absolute atomic E-state index is 0.343. The van der Waals surface area contributed by atoms with E-state index in [0.29, 0.717) is 23.5 Å². The third-order valence-electron chi connectivity index (χ3n) is 2.61. The molecule has 0 atom stereocenters. The zero-order valence-electron chi connectivity index (χ0n) is 10.0. The topological polar surface area (TPSA) is 53.6 Å². The molecule has 0 fully saturated rings. The normalized spacial score (nSPS) is 10.1. The number of halogens is 1. The van der Waals surface area contributed by atoms with Gasteiger partial charge in [-0.1, -0.05) is 0 Å². The summed E-state index contributed by atoms with van der Waals surface area (Å²) >= 11 is 0. The standard InChI is InChI=1S/C13H13FN4/c1-2-18-6-5-13(17-18)16-9-11-7-12(14)4-3-10(11)8-15/h3-7H,2,9H2,1H3,(H,16,17). The fourth-order valence-electron chi connectivity index (χ4n) is 1.64. The lowest BCUT2D eigenvalue weighted by Gasteiger charge is -2.05. The van der Waals surface area contributed by atoms with Crippen molar-refractivity contribution in [3.05, 3.63) is 47.4 Å². The Bertz CT molecular complexity index is 583. The van der Waals surface area contributed by atoms with Gasteiger partial charge in [-0.3, -0.25) is 4.68 Å². The van der Waals surface area contributed by atoms with Crippen molar-refractivity contribution in [3.8, 4) is 6.07 Å². The second kappa shape index (κ2) is 5.32. The number of rotatable bonds is 4. The summed E-state index contributed by atoms with van der Waals surface area (Å²) < 4.78 is 14.9. The lowest BCUT2D eigenvalue weighted by Crippen LogP contribution is -2.04. The van der Waals surface area contributed by atoms with Gasteiger partial charge in [0, 0.05) is 25.4 Å². The van der Waals surface area contributed by atoms with Gasteiger partial charge in [0.2, 0.25) is 0 Å². The number of hydrogen-bond donors (Lipinski definition) is 1. The molecule has 0 amide bonds. The summed E-state index contributed by atoms with van der Waals surface area (Å²) in [5.41, 5.74) is 1.10. The van der Waals surface area contributed by atoms with Crippen LogP contribution in [0, 0.1) is 17.1 Å². The molecule has 0 aliphatic carbocycles. The van der Waals surface area contributed by atoms with Crippen molar-refractivity contribution in [3.63, 3.8) is 0 Å². The lowest BCUT2D eigenvalue weighted by atomic mass is 10.1. The molecule has 2 aromatic rings. The summed E-state index contributed by atoms with van der Waals surface area (Å²) in [7, 11) is 0. The van der Waals surface area contributed by atoms with Crippen LogP contribution in [0.25, 0.3) is 0 Å². The van der Waals surface area contributed by atoms with E-state index < -0.39 is 0 Å². The van der Waals surface area contributed by atoms with Crippen LogP contribution in [0.2, 0.25) is 0 Å². The summed E-state index contributed by atoms with van der Waals surface area (Å²) in [6.07, 6.45) is 1.86. The van der Waals surface area contributed by atoms with E-state index >= 15 is 0 Å². The maximum atomic E-state index is 13.1. The zero-order valence-corrected chi connectivity index (χ0v) is 10.0. The quantitative estimate of drug-likeness (QED) is 0.899. The van der Waals surface area contributed by atoms with Crippen LogP contribution in [0.4, 0.5) is 10.2 Å². The van der Waals surface area contributed by atoms with Crippen molar-refractivity contribution in [2.75, 3.05) is 5.32 Å². The van der Waals surface area contributed by atoms with E-state index in [0.717, 1.165) is 6.54 Å². The van der Waals surface area contributed by atoms with Gasteiger partial charge in [-0.25, -0.2) is 4.39 Å². The first kappa shape index (κ1) is 12.1. The molecule has 1 aromatic carbocycles. The number of benzene rings is 1. The minimum atomic E-state index is -0.343. The number of hydrogen-bond acceptors (Lipinski definition) is 3. The van der Waals surface area contributed by atoms with E-state index in [1.807, 2.05) is 25.3 Å². The predicted octanol–water partition coefficient (Wildman–Crippen LogP) is 2.53. The number of nitrogens with zero attached hydrogens (tertiary/aromatic N) is 3. The Balaban J connectivity index is 2.10. The largest absolute Gasteiger partial charge is 0.364 e. The summed E-state index contributed by atoms with van der Waals surface area (Å²) in [6.45, 7) is 3.17. The molecule has 0 aliphatic heterocycles. The molecule has 0 bridgehead atoms. The summed E-state index contributed by atoms with van der Waals surface area (Å²) in [4.78, 5) is 0. The van der Waals surface area contributed by atoms with Crippen LogP contribution in [0.1, 0.15) is 18.1 Å². The summed E-state index contributed by atoms with van der Waals surface area (Å²) in [5.74, 6) is 0.370. The van der Waals surface area contributed by atoms with Gasteiger partial charge >= 0.3 is 0 Å². The second-order valence-electron chi connectivity index (χ2n) is 3.82. The third-order valence-corrected chi connectivity index (χ3v) is 2.61. The highest BCUT2D eigenvalue weighted by atomic mass is 19.1. The van der Waals surface area contributed by atoms with Gasteiger partial charge in [-0.15, -0.1) is 0 Å². The molecule has 0 spiro atoms. The molecule has 0 radical (unpaired) electrons. The number of aromatic nitrogens is 2. The zero-order chi connectivity index (χ0) is 13.0. The molecule has 2 rings (SSSR count). The van der Waals surface area contributed by atoms with Crippen molar-refractivity contribution >= 4 is 5.82 Å². The van der Waals surface area contributed by atoms with Crippen LogP contribution < -0.4 is 5.32 Å². The third kappa shape index (κ3) is 2.66. The van der Waals surface area contributed by atoms with Crippen LogP contribution in [-0.4, -0.2) is 9.78 Å². The highest BCUT2D eigenvalue weighted by molar-refractivity contribution is 5.41. The fraction of sp³-hybridized carbons (Fsp3) is 0.231. The van der Waals surface area contributed by atoms with Crippen molar-refractivity contribution in [1.29, 1.82) is 5.26 Å². The Morgan fingerprint density at radius 2 is 2.28 bits per heavy atom. The molecule has 5 heteroatoms. The molecule has 0 aliphatic rings. The number of anilines is 1. The van der Waals surface area contributed by atoms with Gasteiger partial charge in [-0.05, 0) is 30.7 Å². The molecule has 0 unspecified atom stereocenters. The molecule has 0 saturated heterocycles. The van der Waals surface area contributed by atoms with E-state index in [-0.39, 0.29) is 5.82 Å². The van der Waals surface area contributed by atoms with Gasteiger partial charge in [-0.2, -0.15) is 10.4 Å². The van der Waals surface area contributed by atoms with Gasteiger partial charge in [0.05, 0.1) is 11.6 Å². The van der Waals surface area contributed by atoms with Gasteiger partial charge in [0.15, 0.2) is 0 Å². The monoisotopic (exact) mass is 244 g/mol. The van der Waals surface area contributed by atoms with Crippen molar-refractivity contribution in [2.45, 2.75) is 20.0 Å². The van der Waals surface area contributed by atoms with Gasteiger partial charge < -0.3 is 5.32 Å². The van der Waals surface area contributed by atoms with Crippen molar-refractivity contribution in [1.82, 2.24) is 9.78 Å². The Morgan fingerprint density at radius 3 is 2.94 bits per heavy atom. The Morgan fingerprint density at radius 1 is 1.44 bits per heavy atom. The van der Waals surface area contributed by atoms with E-state index in [2.05, 4.69) is 10.4 Å². The Kier molecular flexibility index (Phi) is 3.58.